The highest BCUT2D eigenvalue weighted by Crippen LogP contribution is 2.33. The van der Waals surface area contributed by atoms with Crippen molar-refractivity contribution in [2.45, 2.75) is 26.2 Å². The van der Waals surface area contributed by atoms with Gasteiger partial charge in [-0.2, -0.15) is 5.10 Å². The van der Waals surface area contributed by atoms with Gasteiger partial charge in [0.2, 0.25) is 5.91 Å². The maximum absolute atomic E-state index is 12.2. The maximum atomic E-state index is 12.2. The number of aromatic amines is 2. The molecule has 0 aliphatic rings. The molecule has 0 unspecified atom stereocenters. The Balaban J connectivity index is 1.37. The van der Waals surface area contributed by atoms with Crippen LogP contribution in [0.1, 0.15) is 26.2 Å². The molecule has 0 aliphatic heterocycles. The molecule has 6 rings (SSSR count). The Hall–Kier alpha value is -4.92. The zero-order valence-corrected chi connectivity index (χ0v) is 20.2. The summed E-state index contributed by atoms with van der Waals surface area (Å²) >= 11 is 0. The first-order valence-electron chi connectivity index (χ1n) is 12.2. The van der Waals surface area contributed by atoms with Crippen molar-refractivity contribution in [3.63, 3.8) is 0 Å². The van der Waals surface area contributed by atoms with E-state index in [0.29, 0.717) is 12.1 Å². The number of fused-ring (bicyclic) bond motifs is 2. The molecule has 0 aliphatic carbocycles. The first-order chi connectivity index (χ1) is 18.2. The van der Waals surface area contributed by atoms with Crippen molar-refractivity contribution in [2.75, 3.05) is 5.32 Å². The maximum Gasteiger partial charge on any atom is 0.224 e. The van der Waals surface area contributed by atoms with E-state index in [9.17, 15) is 4.79 Å². The minimum absolute atomic E-state index is 0.0136. The van der Waals surface area contributed by atoms with E-state index in [4.69, 9.17) is 0 Å². The molecule has 182 valence electrons. The van der Waals surface area contributed by atoms with Gasteiger partial charge in [0.25, 0.3) is 0 Å². The van der Waals surface area contributed by atoms with Crippen molar-refractivity contribution in [1.29, 1.82) is 0 Å². The summed E-state index contributed by atoms with van der Waals surface area (Å²) in [7, 11) is 0. The van der Waals surface area contributed by atoms with Crippen LogP contribution in [0.5, 0.6) is 0 Å². The fraction of sp³-hybridized carbons (Fsp3) is 0.143. The van der Waals surface area contributed by atoms with Gasteiger partial charge in [-0.15, -0.1) is 0 Å². The average Bonchev–Trinajstić information content (AvgIpc) is 3.56. The van der Waals surface area contributed by atoms with Crippen LogP contribution in [0.3, 0.4) is 0 Å². The Labute approximate surface area is 212 Å². The van der Waals surface area contributed by atoms with Gasteiger partial charge >= 0.3 is 0 Å². The van der Waals surface area contributed by atoms with E-state index < -0.39 is 0 Å². The smallest absolute Gasteiger partial charge is 0.224 e. The highest BCUT2D eigenvalue weighted by Gasteiger charge is 2.16. The second kappa shape index (κ2) is 9.62. The fourth-order valence-corrected chi connectivity index (χ4v) is 4.40. The largest absolute Gasteiger partial charge is 0.353 e. The van der Waals surface area contributed by atoms with E-state index in [0.717, 1.165) is 68.6 Å². The summed E-state index contributed by atoms with van der Waals surface area (Å²) in [5.74, 6) is -0.0136. The quantitative estimate of drug-likeness (QED) is 0.263. The van der Waals surface area contributed by atoms with E-state index in [1.54, 1.807) is 31.0 Å². The summed E-state index contributed by atoms with van der Waals surface area (Å²) in [5, 5.41) is 12.5. The van der Waals surface area contributed by atoms with Gasteiger partial charge in [-0.25, -0.2) is 0 Å². The molecule has 6 heterocycles. The van der Waals surface area contributed by atoms with Crippen LogP contribution in [-0.2, 0) is 4.79 Å². The first kappa shape index (κ1) is 22.5. The fourth-order valence-electron chi connectivity index (χ4n) is 4.40. The number of hydrogen-bond donors (Lipinski definition) is 3. The van der Waals surface area contributed by atoms with Crippen LogP contribution in [0.15, 0.2) is 73.6 Å². The minimum atomic E-state index is -0.0136. The molecule has 3 N–H and O–H groups in total. The Morgan fingerprint density at radius 1 is 0.892 bits per heavy atom. The van der Waals surface area contributed by atoms with Crippen LogP contribution in [0.4, 0.5) is 5.69 Å². The number of rotatable bonds is 7. The monoisotopic (exact) mass is 488 g/mol. The van der Waals surface area contributed by atoms with E-state index in [1.807, 2.05) is 36.5 Å². The molecule has 9 heteroatoms. The van der Waals surface area contributed by atoms with Crippen molar-refractivity contribution in [2.24, 2.45) is 0 Å². The molecular weight excluding hydrogens is 464 g/mol. The molecule has 0 saturated carbocycles. The van der Waals surface area contributed by atoms with Gasteiger partial charge in [0.1, 0.15) is 5.69 Å². The number of aromatic nitrogens is 7. The van der Waals surface area contributed by atoms with Gasteiger partial charge < -0.3 is 10.3 Å². The molecule has 0 radical (unpaired) electrons. The average molecular weight is 489 g/mol. The summed E-state index contributed by atoms with van der Waals surface area (Å²) in [5.41, 5.74) is 7.44. The zero-order valence-electron chi connectivity index (χ0n) is 20.2. The highest BCUT2D eigenvalue weighted by molar-refractivity contribution is 6.00. The number of nitrogens with one attached hydrogen (secondary N) is 3. The Morgan fingerprint density at radius 3 is 2.65 bits per heavy atom. The summed E-state index contributed by atoms with van der Waals surface area (Å²) < 4.78 is 0. The minimum Gasteiger partial charge on any atom is -0.353 e. The molecule has 0 bridgehead atoms. The lowest BCUT2D eigenvalue weighted by molar-refractivity contribution is -0.116. The Bertz CT molecular complexity index is 1720. The van der Waals surface area contributed by atoms with E-state index >= 15 is 0 Å². The third-order valence-electron chi connectivity index (χ3n) is 6.26. The van der Waals surface area contributed by atoms with Crippen LogP contribution in [0, 0.1) is 0 Å². The third kappa shape index (κ3) is 4.42. The van der Waals surface area contributed by atoms with Crippen LogP contribution in [0.2, 0.25) is 0 Å². The number of carbonyl (C=O) groups excluding carboxylic acids is 1. The van der Waals surface area contributed by atoms with E-state index in [2.05, 4.69) is 53.4 Å². The van der Waals surface area contributed by atoms with Crippen molar-refractivity contribution >= 4 is 33.4 Å². The molecule has 6 aromatic rings. The summed E-state index contributed by atoms with van der Waals surface area (Å²) in [6, 6.07) is 11.8. The van der Waals surface area contributed by atoms with Crippen molar-refractivity contribution < 1.29 is 4.79 Å². The van der Waals surface area contributed by atoms with E-state index in [1.165, 1.54) is 0 Å². The van der Waals surface area contributed by atoms with Crippen molar-refractivity contribution in [3.8, 4) is 33.9 Å². The van der Waals surface area contributed by atoms with Crippen molar-refractivity contribution in [3.05, 3.63) is 73.6 Å². The van der Waals surface area contributed by atoms with E-state index in [-0.39, 0.29) is 5.91 Å². The molecule has 9 nitrogen and oxygen atoms in total. The topological polar surface area (TPSA) is 125 Å². The SMILES string of the molecule is CCCCC(=O)Nc1cncc(-c2cc3c(-c4cc5c(-c6cccnc6)nccc5[nH]4)n[nH]c3cn2)c1. The second-order valence-corrected chi connectivity index (χ2v) is 8.85. The Kier molecular flexibility index (Phi) is 5.86. The Morgan fingerprint density at radius 2 is 1.78 bits per heavy atom. The van der Waals surface area contributed by atoms with Crippen LogP contribution in [0.25, 0.3) is 55.7 Å². The third-order valence-corrected chi connectivity index (χ3v) is 6.26. The van der Waals surface area contributed by atoms with Crippen LogP contribution < -0.4 is 5.32 Å². The molecule has 0 spiro atoms. The number of amides is 1. The first-order valence-corrected chi connectivity index (χ1v) is 12.2. The molecule has 1 amide bonds. The molecule has 6 aromatic heterocycles. The van der Waals surface area contributed by atoms with Crippen LogP contribution >= 0.6 is 0 Å². The molecule has 0 fully saturated rings. The lowest BCUT2D eigenvalue weighted by Gasteiger charge is -2.07. The number of carbonyl (C=O) groups is 1. The number of unbranched alkanes of at least 4 members (excludes halogenated alkanes) is 1. The summed E-state index contributed by atoms with van der Waals surface area (Å²) in [6.45, 7) is 2.06. The summed E-state index contributed by atoms with van der Waals surface area (Å²) in [6.07, 6.45) is 12.8. The van der Waals surface area contributed by atoms with Crippen molar-refractivity contribution in [1.82, 2.24) is 35.1 Å². The zero-order chi connectivity index (χ0) is 25.2. The molecule has 0 saturated heterocycles. The van der Waals surface area contributed by atoms with Gasteiger partial charge in [-0.1, -0.05) is 13.3 Å². The normalized spacial score (nSPS) is 11.3. The second-order valence-electron chi connectivity index (χ2n) is 8.85. The molecular formula is C28H24N8O. The molecule has 0 atom stereocenters. The number of hydrogen-bond acceptors (Lipinski definition) is 6. The predicted octanol–water partition coefficient (Wildman–Crippen LogP) is 5.75. The van der Waals surface area contributed by atoms with Gasteiger partial charge in [0.05, 0.1) is 40.7 Å². The van der Waals surface area contributed by atoms with Crippen LogP contribution in [-0.4, -0.2) is 41.0 Å². The molecule has 37 heavy (non-hydrogen) atoms. The lowest BCUT2D eigenvalue weighted by Crippen LogP contribution is -2.11. The predicted molar refractivity (Wildman–Crippen MR) is 144 cm³/mol. The highest BCUT2D eigenvalue weighted by atomic mass is 16.1. The summed E-state index contributed by atoms with van der Waals surface area (Å²) in [4.78, 5) is 33.4. The standard InChI is InChI=1S/C28H24N8O/c1-2-3-6-26(37)33-19-10-18(14-30-15-19)23-11-21-25(16-32-23)35-36-28(21)24-12-20-22(34-24)7-9-31-27(20)17-5-4-8-29-13-17/h4-5,7-16,34H,2-3,6H2,1H3,(H,33,37)(H,35,36). The number of anilines is 1. The molecule has 0 aromatic carbocycles. The number of pyridine rings is 4. The lowest BCUT2D eigenvalue weighted by atomic mass is 10.1. The number of H-pyrrole nitrogens is 2. The van der Waals surface area contributed by atoms with Gasteiger partial charge in [0, 0.05) is 58.6 Å². The van der Waals surface area contributed by atoms with Gasteiger partial charge in [-0.3, -0.25) is 29.8 Å². The van der Waals surface area contributed by atoms with Gasteiger partial charge in [-0.05, 0) is 42.8 Å². The van der Waals surface area contributed by atoms with Gasteiger partial charge in [0.15, 0.2) is 0 Å². The number of nitrogens with zero attached hydrogens (tertiary/aromatic N) is 5.